The zero-order valence-electron chi connectivity index (χ0n) is 24.5. The smallest absolute Gasteiger partial charge is 0.407 e. The van der Waals surface area contributed by atoms with E-state index in [9.17, 15) is 19.2 Å². The van der Waals surface area contributed by atoms with Crippen LogP contribution in [-0.2, 0) is 28.6 Å². The molecule has 0 bridgehead atoms. The number of carbonyl (C=O) groups excluding carboxylic acids is 4. The van der Waals surface area contributed by atoms with Gasteiger partial charge in [0.05, 0.1) is 13.2 Å². The van der Waals surface area contributed by atoms with E-state index in [0.29, 0.717) is 45.1 Å². The number of ether oxygens (including phenoxy) is 3. The van der Waals surface area contributed by atoms with Crippen LogP contribution in [0.1, 0.15) is 107 Å². The summed E-state index contributed by atoms with van der Waals surface area (Å²) in [6, 6.07) is -1.17. The summed E-state index contributed by atoms with van der Waals surface area (Å²) in [6.07, 6.45) is 4.26. The molecule has 0 saturated heterocycles. The maximum atomic E-state index is 13.0. The highest BCUT2D eigenvalue weighted by Crippen LogP contribution is 2.13. The van der Waals surface area contributed by atoms with Gasteiger partial charge in [0, 0.05) is 19.0 Å². The Morgan fingerprint density at radius 1 is 0.757 bits per heavy atom. The van der Waals surface area contributed by atoms with Gasteiger partial charge in [0.25, 0.3) is 0 Å². The Morgan fingerprint density at radius 2 is 1.32 bits per heavy atom. The Hall–Kier alpha value is -2.36. The number of hydrogen-bond donors (Lipinski definition) is 3. The third-order valence-corrected chi connectivity index (χ3v) is 5.03. The monoisotopic (exact) mass is 529 g/mol. The minimum Gasteiger partial charge on any atom is -0.467 e. The molecule has 0 aliphatic heterocycles. The van der Waals surface area contributed by atoms with E-state index >= 15 is 0 Å². The van der Waals surface area contributed by atoms with E-state index in [1.165, 1.54) is 7.11 Å². The highest BCUT2D eigenvalue weighted by atomic mass is 16.6. The van der Waals surface area contributed by atoms with Gasteiger partial charge in [0.15, 0.2) is 0 Å². The topological polar surface area (TPSA) is 132 Å². The Morgan fingerprint density at radius 3 is 1.86 bits per heavy atom. The van der Waals surface area contributed by atoms with E-state index in [4.69, 9.17) is 14.2 Å². The fourth-order valence-electron chi connectivity index (χ4n) is 3.52. The first-order chi connectivity index (χ1) is 17.0. The number of methoxy groups -OCH3 is 1. The molecule has 2 atom stereocenters. The van der Waals surface area contributed by atoms with Gasteiger partial charge in [-0.1, -0.05) is 26.7 Å². The van der Waals surface area contributed by atoms with Gasteiger partial charge in [-0.15, -0.1) is 0 Å². The summed E-state index contributed by atoms with van der Waals surface area (Å²) in [6.45, 7) is 15.2. The molecule has 0 aliphatic carbocycles. The van der Waals surface area contributed by atoms with Crippen molar-refractivity contribution in [3.05, 3.63) is 0 Å². The second kappa shape index (κ2) is 17.2. The number of hydrogen-bond acceptors (Lipinski definition) is 8. The van der Waals surface area contributed by atoms with Crippen LogP contribution in [-0.4, -0.2) is 66.9 Å². The lowest BCUT2D eigenvalue weighted by Crippen LogP contribution is -2.51. The van der Waals surface area contributed by atoms with Crippen LogP contribution in [0, 0.1) is 0 Å². The Labute approximate surface area is 223 Å². The van der Waals surface area contributed by atoms with E-state index < -0.39 is 35.3 Å². The Balaban J connectivity index is 4.67. The number of carbonyl (C=O) groups is 4. The third-order valence-electron chi connectivity index (χ3n) is 5.03. The van der Waals surface area contributed by atoms with E-state index in [0.717, 1.165) is 12.8 Å². The van der Waals surface area contributed by atoms with E-state index in [1.807, 2.05) is 34.6 Å². The molecular weight excluding hydrogens is 478 g/mol. The molecule has 0 aliphatic rings. The number of nitrogens with one attached hydrogen (secondary N) is 3. The van der Waals surface area contributed by atoms with Crippen molar-refractivity contribution < 1.29 is 33.4 Å². The normalized spacial score (nSPS) is 13.5. The van der Waals surface area contributed by atoms with Gasteiger partial charge >= 0.3 is 18.0 Å². The summed E-state index contributed by atoms with van der Waals surface area (Å²) in [5.74, 6) is -0.985. The molecule has 3 N–H and O–H groups in total. The van der Waals surface area contributed by atoms with Crippen molar-refractivity contribution in [2.24, 2.45) is 0 Å². The molecule has 2 unspecified atom stereocenters. The van der Waals surface area contributed by atoms with Gasteiger partial charge in [0.1, 0.15) is 17.2 Å². The predicted molar refractivity (Wildman–Crippen MR) is 143 cm³/mol. The second-order valence-corrected chi connectivity index (χ2v) is 11.6. The van der Waals surface area contributed by atoms with Gasteiger partial charge in [-0.25, -0.2) is 9.59 Å². The zero-order chi connectivity index (χ0) is 28.6. The highest BCUT2D eigenvalue weighted by molar-refractivity contribution is 5.87. The van der Waals surface area contributed by atoms with Crippen molar-refractivity contribution in [2.75, 3.05) is 13.7 Å². The van der Waals surface area contributed by atoms with Gasteiger partial charge in [0.2, 0.25) is 5.91 Å². The minimum atomic E-state index is -0.775. The zero-order valence-corrected chi connectivity index (χ0v) is 24.5. The first-order valence-corrected chi connectivity index (χ1v) is 13.4. The Kier molecular flexibility index (Phi) is 16.1. The van der Waals surface area contributed by atoms with Crippen molar-refractivity contribution in [3.63, 3.8) is 0 Å². The number of esters is 2. The lowest BCUT2D eigenvalue weighted by atomic mass is 10.0. The maximum Gasteiger partial charge on any atom is 0.407 e. The SMILES string of the molecule is COC(=O)C(CCCCNC(=O)OC(C)(C)C)NC(=O)C(CCCCCC(=O)OC(C)(C)C)NC(C)C. The van der Waals surface area contributed by atoms with Crippen LogP contribution in [0.3, 0.4) is 0 Å². The first-order valence-electron chi connectivity index (χ1n) is 13.4. The van der Waals surface area contributed by atoms with Gasteiger partial charge in [-0.2, -0.15) is 0 Å². The van der Waals surface area contributed by atoms with Crippen LogP contribution < -0.4 is 16.0 Å². The summed E-state index contributed by atoms with van der Waals surface area (Å²) in [7, 11) is 1.29. The number of rotatable bonds is 16. The highest BCUT2D eigenvalue weighted by Gasteiger charge is 2.26. The fraction of sp³-hybridized carbons (Fsp3) is 0.852. The first kappa shape index (κ1) is 34.6. The molecule has 0 aromatic rings. The largest absolute Gasteiger partial charge is 0.467 e. The third kappa shape index (κ3) is 19.4. The minimum absolute atomic E-state index is 0.0769. The molecule has 10 nitrogen and oxygen atoms in total. The summed E-state index contributed by atoms with van der Waals surface area (Å²) in [5.41, 5.74) is -1.06. The fourth-order valence-corrected chi connectivity index (χ4v) is 3.52. The molecule has 0 heterocycles. The Bertz CT molecular complexity index is 712. The molecule has 0 saturated carbocycles. The average molecular weight is 530 g/mol. The molecule has 2 amide bonds. The van der Waals surface area contributed by atoms with Crippen LogP contribution in [0.25, 0.3) is 0 Å². The van der Waals surface area contributed by atoms with Gasteiger partial charge in [-0.3, -0.25) is 9.59 Å². The van der Waals surface area contributed by atoms with Crippen molar-refractivity contribution in [3.8, 4) is 0 Å². The molecule has 0 aromatic carbocycles. The van der Waals surface area contributed by atoms with Gasteiger partial charge < -0.3 is 30.2 Å². The summed E-state index contributed by atoms with van der Waals surface area (Å²) >= 11 is 0. The maximum absolute atomic E-state index is 13.0. The van der Waals surface area contributed by atoms with Crippen LogP contribution in [0.2, 0.25) is 0 Å². The lowest BCUT2D eigenvalue weighted by Gasteiger charge is -2.24. The van der Waals surface area contributed by atoms with E-state index in [-0.39, 0.29) is 17.9 Å². The van der Waals surface area contributed by atoms with Crippen LogP contribution in [0.4, 0.5) is 4.79 Å². The molecular formula is C27H51N3O7. The molecule has 0 aromatic heterocycles. The van der Waals surface area contributed by atoms with Crippen molar-refractivity contribution in [1.82, 2.24) is 16.0 Å². The van der Waals surface area contributed by atoms with Crippen LogP contribution >= 0.6 is 0 Å². The summed E-state index contributed by atoms with van der Waals surface area (Å²) < 4.78 is 15.4. The van der Waals surface area contributed by atoms with Crippen molar-refractivity contribution in [2.45, 2.75) is 136 Å². The summed E-state index contributed by atoms with van der Waals surface area (Å²) in [4.78, 5) is 48.9. The van der Waals surface area contributed by atoms with Crippen molar-refractivity contribution in [1.29, 1.82) is 0 Å². The summed E-state index contributed by atoms with van der Waals surface area (Å²) in [5, 5.41) is 8.77. The quantitative estimate of drug-likeness (QED) is 0.155. The van der Waals surface area contributed by atoms with E-state index in [1.54, 1.807) is 20.8 Å². The molecule has 0 spiro atoms. The average Bonchev–Trinajstić information content (AvgIpc) is 2.73. The molecule has 37 heavy (non-hydrogen) atoms. The lowest BCUT2D eigenvalue weighted by molar-refractivity contribution is -0.155. The van der Waals surface area contributed by atoms with E-state index in [2.05, 4.69) is 16.0 Å². The molecule has 0 rings (SSSR count). The molecule has 0 radical (unpaired) electrons. The van der Waals surface area contributed by atoms with Crippen LogP contribution in [0.5, 0.6) is 0 Å². The number of unbranched alkanes of at least 4 members (excludes halogenated alkanes) is 3. The molecule has 0 fully saturated rings. The predicted octanol–water partition coefficient (Wildman–Crippen LogP) is 4.00. The van der Waals surface area contributed by atoms with Crippen LogP contribution in [0.15, 0.2) is 0 Å². The molecule has 216 valence electrons. The van der Waals surface area contributed by atoms with Crippen molar-refractivity contribution >= 4 is 23.9 Å². The standard InChI is InChI=1S/C27H51N3O7/c1-19(2)29-20(15-11-10-12-17-22(31)36-26(3,4)5)23(32)30-21(24(33)35-9)16-13-14-18-28-25(34)37-27(6,7)8/h19-21,29H,10-18H2,1-9H3,(H,28,34)(H,30,32). The number of amides is 2. The molecule has 10 heteroatoms. The van der Waals surface area contributed by atoms with Gasteiger partial charge in [-0.05, 0) is 73.6 Å². The number of alkyl carbamates (subject to hydrolysis) is 1. The second-order valence-electron chi connectivity index (χ2n) is 11.6.